The van der Waals surface area contributed by atoms with Crippen LogP contribution < -0.4 is 0 Å². The first-order chi connectivity index (χ1) is 14.0. The maximum atomic E-state index is 11.1. The first kappa shape index (κ1) is 18.5. The summed E-state index contributed by atoms with van der Waals surface area (Å²) < 4.78 is 22.1. The second kappa shape index (κ2) is 7.05. The molecule has 1 aliphatic rings. The molecular formula is C21H19N3O3S2. The Balaban J connectivity index is 1.55. The molecule has 1 aliphatic carbocycles. The number of hydrogen-bond donors (Lipinski definition) is 3. The molecule has 8 heteroatoms. The number of thiazole rings is 1. The van der Waals surface area contributed by atoms with Crippen molar-refractivity contribution in [2.45, 2.75) is 30.6 Å². The maximum absolute atomic E-state index is 11.1. The Morgan fingerprint density at radius 2 is 2.03 bits per heavy atom. The van der Waals surface area contributed by atoms with E-state index in [1.807, 2.05) is 42.6 Å². The predicted octanol–water partition coefficient (Wildman–Crippen LogP) is 3.84. The number of aromatic amines is 1. The van der Waals surface area contributed by atoms with Crippen molar-refractivity contribution in [3.8, 4) is 21.7 Å². The summed E-state index contributed by atoms with van der Waals surface area (Å²) in [5, 5.41) is 12.3. The molecule has 4 aromatic rings. The molecule has 0 saturated heterocycles. The van der Waals surface area contributed by atoms with E-state index >= 15 is 0 Å². The zero-order valence-corrected chi connectivity index (χ0v) is 17.2. The van der Waals surface area contributed by atoms with Crippen LogP contribution in [0.4, 0.5) is 0 Å². The van der Waals surface area contributed by atoms with E-state index in [0.717, 1.165) is 62.6 Å². The molecule has 0 spiro atoms. The summed E-state index contributed by atoms with van der Waals surface area (Å²) in [5.41, 5.74) is 3.56. The number of nitrogens with one attached hydrogen (secondary N) is 1. The van der Waals surface area contributed by atoms with E-state index < -0.39 is 16.3 Å². The fourth-order valence-corrected chi connectivity index (χ4v) is 5.32. The second-order valence-corrected chi connectivity index (χ2v) is 9.42. The molecule has 0 radical (unpaired) electrons. The zero-order chi connectivity index (χ0) is 20.0. The highest BCUT2D eigenvalue weighted by atomic mass is 32.2. The highest BCUT2D eigenvalue weighted by molar-refractivity contribution is 7.71. The van der Waals surface area contributed by atoms with Gasteiger partial charge in [0.05, 0.1) is 10.6 Å². The van der Waals surface area contributed by atoms with Crippen LogP contribution in [0.2, 0.25) is 0 Å². The highest BCUT2D eigenvalue weighted by Gasteiger charge is 2.39. The van der Waals surface area contributed by atoms with Gasteiger partial charge >= 0.3 is 0 Å². The smallest absolute Gasteiger partial charge is 0.144 e. The van der Waals surface area contributed by atoms with E-state index in [9.17, 15) is 13.5 Å². The number of fused-ring (bicyclic) bond motifs is 1. The molecule has 3 aromatic heterocycles. The average Bonchev–Trinajstić information content (AvgIpc) is 3.33. The lowest BCUT2D eigenvalue weighted by Crippen LogP contribution is -2.33. The topological polar surface area (TPSA) is 95.9 Å². The van der Waals surface area contributed by atoms with Gasteiger partial charge in [-0.25, -0.2) is 18.4 Å². The summed E-state index contributed by atoms with van der Waals surface area (Å²) in [6.45, 7) is 0. The van der Waals surface area contributed by atoms with Crippen molar-refractivity contribution < 1.29 is 13.5 Å². The maximum Gasteiger partial charge on any atom is 0.144 e. The summed E-state index contributed by atoms with van der Waals surface area (Å²) in [5.74, 6) is 0.0272. The van der Waals surface area contributed by atoms with Gasteiger partial charge in [0.15, 0.2) is 0 Å². The third kappa shape index (κ3) is 3.37. The molecule has 29 heavy (non-hydrogen) atoms. The van der Waals surface area contributed by atoms with E-state index in [2.05, 4.69) is 15.0 Å². The van der Waals surface area contributed by atoms with E-state index in [1.165, 1.54) is 11.3 Å². The van der Waals surface area contributed by atoms with Gasteiger partial charge in [-0.15, -0.1) is 11.3 Å². The van der Waals surface area contributed by atoms with Crippen LogP contribution in [-0.2, 0) is 22.1 Å². The summed E-state index contributed by atoms with van der Waals surface area (Å²) in [4.78, 5) is 13.3. The van der Waals surface area contributed by atoms with Crippen LogP contribution >= 0.6 is 11.3 Å². The van der Waals surface area contributed by atoms with Gasteiger partial charge in [0, 0.05) is 29.0 Å². The van der Waals surface area contributed by atoms with Gasteiger partial charge in [-0.1, -0.05) is 18.2 Å². The number of benzene rings is 1. The molecule has 1 fully saturated rings. The van der Waals surface area contributed by atoms with Crippen LogP contribution in [0.25, 0.3) is 32.7 Å². The van der Waals surface area contributed by atoms with Crippen LogP contribution in [0, 0.1) is 0 Å². The minimum absolute atomic E-state index is 0.0272. The number of aliphatic hydroxyl groups is 1. The Morgan fingerprint density at radius 1 is 1.17 bits per heavy atom. The van der Waals surface area contributed by atoms with Crippen LogP contribution in [0.3, 0.4) is 0 Å². The standard InChI is InChI=1S/C21H19N3O3S2/c25-21(6-2-7-21)20-23-11-18(28-20)15-5-8-22-19-16(15)10-17(24-19)14-4-1-3-13(9-14)12-29(26)27/h1,3-5,8-11,25,29H,2,6-7,12H2,(H,22,24). The molecule has 0 bridgehead atoms. The summed E-state index contributed by atoms with van der Waals surface area (Å²) >= 11 is 1.53. The highest BCUT2D eigenvalue weighted by Crippen LogP contribution is 2.44. The lowest BCUT2D eigenvalue weighted by molar-refractivity contribution is -0.0389. The third-order valence-corrected chi connectivity index (χ3v) is 7.28. The normalized spacial score (nSPS) is 15.7. The Kier molecular flexibility index (Phi) is 4.49. The Bertz CT molecular complexity index is 1280. The Labute approximate surface area is 173 Å². The molecule has 1 saturated carbocycles. The largest absolute Gasteiger partial charge is 0.383 e. The van der Waals surface area contributed by atoms with Crippen molar-refractivity contribution in [2.75, 3.05) is 0 Å². The van der Waals surface area contributed by atoms with Gasteiger partial charge in [-0.2, -0.15) is 0 Å². The zero-order valence-electron chi connectivity index (χ0n) is 15.5. The van der Waals surface area contributed by atoms with Crippen LogP contribution in [0.15, 0.2) is 48.8 Å². The summed E-state index contributed by atoms with van der Waals surface area (Å²) in [6.07, 6.45) is 6.15. The molecule has 3 heterocycles. The molecule has 148 valence electrons. The van der Waals surface area contributed by atoms with Crippen molar-refractivity contribution in [3.63, 3.8) is 0 Å². The van der Waals surface area contributed by atoms with Crippen LogP contribution in [-0.4, -0.2) is 28.5 Å². The first-order valence-electron chi connectivity index (χ1n) is 9.40. The van der Waals surface area contributed by atoms with Gasteiger partial charge in [-0.3, -0.25) is 0 Å². The third-order valence-electron chi connectivity index (χ3n) is 5.43. The van der Waals surface area contributed by atoms with E-state index in [4.69, 9.17) is 0 Å². The molecule has 0 amide bonds. The fourth-order valence-electron chi connectivity index (χ4n) is 3.72. The van der Waals surface area contributed by atoms with Crippen molar-refractivity contribution in [1.82, 2.24) is 15.0 Å². The minimum atomic E-state index is -2.47. The summed E-state index contributed by atoms with van der Waals surface area (Å²) in [6, 6.07) is 11.5. The van der Waals surface area contributed by atoms with Gasteiger partial charge in [0.25, 0.3) is 0 Å². The minimum Gasteiger partial charge on any atom is -0.383 e. The molecule has 2 N–H and O–H groups in total. The number of pyridine rings is 1. The Hall–Kier alpha value is -2.55. The lowest BCUT2D eigenvalue weighted by Gasteiger charge is -2.34. The SMILES string of the molecule is O=[SH](=O)Cc1cccc(-c2cc3c(-c4cnc(C5(O)CCC5)s4)ccnc3[nH]2)c1. The first-order valence-corrected chi connectivity index (χ1v) is 11.6. The molecule has 1 aromatic carbocycles. The average molecular weight is 426 g/mol. The number of H-pyrrole nitrogens is 1. The number of aromatic nitrogens is 3. The molecule has 0 aliphatic heterocycles. The van der Waals surface area contributed by atoms with E-state index in [-0.39, 0.29) is 5.75 Å². The molecule has 5 rings (SSSR count). The van der Waals surface area contributed by atoms with Crippen molar-refractivity contribution in [3.05, 3.63) is 59.4 Å². The molecule has 6 nitrogen and oxygen atoms in total. The number of rotatable bonds is 5. The number of thiol groups is 1. The van der Waals surface area contributed by atoms with Crippen molar-refractivity contribution in [1.29, 1.82) is 0 Å². The second-order valence-electron chi connectivity index (χ2n) is 7.41. The number of hydrogen-bond acceptors (Lipinski definition) is 6. The van der Waals surface area contributed by atoms with Crippen LogP contribution in [0.1, 0.15) is 29.8 Å². The van der Waals surface area contributed by atoms with Gasteiger partial charge in [-0.05, 0) is 48.6 Å². The van der Waals surface area contributed by atoms with E-state index in [0.29, 0.717) is 0 Å². The lowest BCUT2D eigenvalue weighted by atomic mass is 9.81. The monoisotopic (exact) mass is 425 g/mol. The van der Waals surface area contributed by atoms with Gasteiger partial charge < -0.3 is 10.1 Å². The predicted molar refractivity (Wildman–Crippen MR) is 114 cm³/mol. The number of nitrogens with zero attached hydrogens (tertiary/aromatic N) is 2. The summed E-state index contributed by atoms with van der Waals surface area (Å²) in [7, 11) is -2.47. The quantitative estimate of drug-likeness (QED) is 0.422. The van der Waals surface area contributed by atoms with Crippen molar-refractivity contribution in [2.24, 2.45) is 0 Å². The van der Waals surface area contributed by atoms with Gasteiger partial charge in [0.2, 0.25) is 0 Å². The van der Waals surface area contributed by atoms with Crippen molar-refractivity contribution >= 4 is 33.1 Å². The molecule has 0 unspecified atom stereocenters. The van der Waals surface area contributed by atoms with E-state index in [1.54, 1.807) is 6.20 Å². The molecular weight excluding hydrogens is 406 g/mol. The fraction of sp³-hybridized carbons (Fsp3) is 0.238. The van der Waals surface area contributed by atoms with Crippen LogP contribution in [0.5, 0.6) is 0 Å². The molecule has 0 atom stereocenters. The Morgan fingerprint density at radius 3 is 2.79 bits per heavy atom. The van der Waals surface area contributed by atoms with Gasteiger partial charge in [0.1, 0.15) is 27.0 Å².